The standard InChI is InChI=1S/C13H19N3S/c1-3-4-6-16-7-5-14-13(16)15-8-12-10-17-9-11(12)2/h5,7,9-10H,3-4,6,8H2,1-2H3,(H,14,15). The fourth-order valence-electron chi connectivity index (χ4n) is 1.73. The number of aromatic nitrogens is 2. The first-order valence-electron chi connectivity index (χ1n) is 6.08. The van der Waals surface area contributed by atoms with E-state index in [-0.39, 0.29) is 0 Å². The van der Waals surface area contributed by atoms with Gasteiger partial charge in [-0.25, -0.2) is 4.98 Å². The summed E-state index contributed by atoms with van der Waals surface area (Å²) in [5, 5.41) is 7.78. The summed E-state index contributed by atoms with van der Waals surface area (Å²) in [6.45, 7) is 6.26. The number of unbranched alkanes of at least 4 members (excludes halogenated alkanes) is 1. The van der Waals surface area contributed by atoms with Crippen LogP contribution in [0.25, 0.3) is 0 Å². The molecule has 4 heteroatoms. The number of rotatable bonds is 6. The molecule has 0 aromatic carbocycles. The van der Waals surface area contributed by atoms with Crippen LogP contribution in [0.2, 0.25) is 0 Å². The van der Waals surface area contributed by atoms with Gasteiger partial charge in [-0.3, -0.25) is 0 Å². The summed E-state index contributed by atoms with van der Waals surface area (Å²) in [7, 11) is 0. The molecule has 92 valence electrons. The minimum Gasteiger partial charge on any atom is -0.352 e. The summed E-state index contributed by atoms with van der Waals surface area (Å²) in [6.07, 6.45) is 6.31. The maximum Gasteiger partial charge on any atom is 0.203 e. The Bertz CT molecular complexity index is 459. The highest BCUT2D eigenvalue weighted by atomic mass is 32.1. The highest BCUT2D eigenvalue weighted by Gasteiger charge is 2.03. The Balaban J connectivity index is 1.95. The van der Waals surface area contributed by atoms with Crippen molar-refractivity contribution in [1.29, 1.82) is 0 Å². The van der Waals surface area contributed by atoms with Gasteiger partial charge in [0.25, 0.3) is 0 Å². The van der Waals surface area contributed by atoms with E-state index >= 15 is 0 Å². The third kappa shape index (κ3) is 3.09. The van der Waals surface area contributed by atoms with Crippen molar-refractivity contribution in [3.63, 3.8) is 0 Å². The molecule has 0 aliphatic heterocycles. The third-order valence-corrected chi connectivity index (χ3v) is 3.78. The second-order valence-electron chi connectivity index (χ2n) is 4.23. The average Bonchev–Trinajstić information content (AvgIpc) is 2.93. The number of aryl methyl sites for hydroxylation is 2. The van der Waals surface area contributed by atoms with E-state index in [4.69, 9.17) is 0 Å². The molecule has 0 saturated heterocycles. The number of hydrogen-bond acceptors (Lipinski definition) is 3. The number of thiophene rings is 1. The Morgan fingerprint density at radius 1 is 1.41 bits per heavy atom. The van der Waals surface area contributed by atoms with E-state index in [1.807, 2.05) is 12.4 Å². The quantitative estimate of drug-likeness (QED) is 0.846. The summed E-state index contributed by atoms with van der Waals surface area (Å²) >= 11 is 1.75. The van der Waals surface area contributed by atoms with E-state index in [2.05, 4.69) is 39.5 Å². The van der Waals surface area contributed by atoms with E-state index in [1.165, 1.54) is 24.0 Å². The maximum absolute atomic E-state index is 4.35. The lowest BCUT2D eigenvalue weighted by Gasteiger charge is -2.09. The first-order valence-corrected chi connectivity index (χ1v) is 7.02. The summed E-state index contributed by atoms with van der Waals surface area (Å²) in [5.41, 5.74) is 2.72. The van der Waals surface area contributed by atoms with Crippen LogP contribution in [0.1, 0.15) is 30.9 Å². The van der Waals surface area contributed by atoms with E-state index in [0.717, 1.165) is 19.0 Å². The van der Waals surface area contributed by atoms with Crippen LogP contribution in [0.3, 0.4) is 0 Å². The van der Waals surface area contributed by atoms with Gasteiger partial charge in [0.15, 0.2) is 0 Å². The van der Waals surface area contributed by atoms with Crippen molar-refractivity contribution in [3.05, 3.63) is 34.3 Å². The van der Waals surface area contributed by atoms with Crippen molar-refractivity contribution >= 4 is 17.3 Å². The monoisotopic (exact) mass is 249 g/mol. The van der Waals surface area contributed by atoms with Gasteiger partial charge in [-0.15, -0.1) is 0 Å². The number of nitrogens with one attached hydrogen (secondary N) is 1. The predicted molar refractivity (Wildman–Crippen MR) is 73.5 cm³/mol. The number of anilines is 1. The molecule has 0 aliphatic carbocycles. The van der Waals surface area contributed by atoms with Crippen molar-refractivity contribution in [2.75, 3.05) is 5.32 Å². The average molecular weight is 249 g/mol. The molecule has 2 rings (SSSR count). The van der Waals surface area contributed by atoms with Crippen molar-refractivity contribution in [2.24, 2.45) is 0 Å². The van der Waals surface area contributed by atoms with E-state index in [9.17, 15) is 0 Å². The molecule has 2 aromatic rings. The summed E-state index contributed by atoms with van der Waals surface area (Å²) < 4.78 is 2.19. The molecule has 0 unspecified atom stereocenters. The normalized spacial score (nSPS) is 10.7. The summed E-state index contributed by atoms with van der Waals surface area (Å²) in [4.78, 5) is 4.35. The van der Waals surface area contributed by atoms with Gasteiger partial charge in [-0.05, 0) is 35.2 Å². The molecule has 0 spiro atoms. The van der Waals surface area contributed by atoms with Gasteiger partial charge >= 0.3 is 0 Å². The van der Waals surface area contributed by atoms with Crippen LogP contribution in [0.5, 0.6) is 0 Å². The van der Waals surface area contributed by atoms with Gasteiger partial charge in [-0.1, -0.05) is 13.3 Å². The molecule has 0 atom stereocenters. The molecule has 0 saturated carbocycles. The number of nitrogens with zero attached hydrogens (tertiary/aromatic N) is 2. The van der Waals surface area contributed by atoms with Crippen LogP contribution >= 0.6 is 11.3 Å². The van der Waals surface area contributed by atoms with Gasteiger partial charge in [0, 0.05) is 25.5 Å². The lowest BCUT2D eigenvalue weighted by atomic mass is 10.2. The largest absolute Gasteiger partial charge is 0.352 e. The van der Waals surface area contributed by atoms with Gasteiger partial charge in [-0.2, -0.15) is 11.3 Å². The highest BCUT2D eigenvalue weighted by molar-refractivity contribution is 7.08. The molecule has 0 amide bonds. The second-order valence-corrected chi connectivity index (χ2v) is 4.97. The first kappa shape index (κ1) is 12.2. The zero-order valence-electron chi connectivity index (χ0n) is 10.4. The van der Waals surface area contributed by atoms with Crippen molar-refractivity contribution in [2.45, 2.75) is 39.8 Å². The predicted octanol–water partition coefficient (Wildman–Crippen LogP) is 3.67. The summed E-state index contributed by atoms with van der Waals surface area (Å²) in [5.74, 6) is 0.976. The zero-order valence-corrected chi connectivity index (χ0v) is 11.3. The lowest BCUT2D eigenvalue weighted by molar-refractivity contribution is 0.635. The van der Waals surface area contributed by atoms with Gasteiger partial charge in [0.1, 0.15) is 0 Å². The molecule has 0 fully saturated rings. The zero-order chi connectivity index (χ0) is 12.1. The first-order chi connectivity index (χ1) is 8.31. The van der Waals surface area contributed by atoms with Crippen LogP contribution in [-0.2, 0) is 13.1 Å². The van der Waals surface area contributed by atoms with E-state index < -0.39 is 0 Å². The molecule has 0 bridgehead atoms. The summed E-state index contributed by atoms with van der Waals surface area (Å²) in [6, 6.07) is 0. The van der Waals surface area contributed by atoms with Crippen molar-refractivity contribution in [1.82, 2.24) is 9.55 Å². The Kier molecular flexibility index (Phi) is 4.20. The molecule has 2 aromatic heterocycles. The molecule has 3 nitrogen and oxygen atoms in total. The van der Waals surface area contributed by atoms with Gasteiger partial charge in [0.2, 0.25) is 5.95 Å². The SMILES string of the molecule is CCCCn1ccnc1NCc1cscc1C. The van der Waals surface area contributed by atoms with Crippen LogP contribution in [0.4, 0.5) is 5.95 Å². The molecule has 2 heterocycles. The van der Waals surface area contributed by atoms with Gasteiger partial charge < -0.3 is 9.88 Å². The highest BCUT2D eigenvalue weighted by Crippen LogP contribution is 2.15. The van der Waals surface area contributed by atoms with E-state index in [1.54, 1.807) is 11.3 Å². The Labute approximate surface area is 107 Å². The Morgan fingerprint density at radius 3 is 3.00 bits per heavy atom. The minimum absolute atomic E-state index is 0.860. The molecular weight excluding hydrogens is 230 g/mol. The van der Waals surface area contributed by atoms with Crippen molar-refractivity contribution in [3.8, 4) is 0 Å². The van der Waals surface area contributed by atoms with Gasteiger partial charge in [0.05, 0.1) is 0 Å². The smallest absolute Gasteiger partial charge is 0.203 e. The fourth-order valence-corrected chi connectivity index (χ4v) is 2.58. The number of hydrogen-bond donors (Lipinski definition) is 1. The van der Waals surface area contributed by atoms with Crippen LogP contribution in [-0.4, -0.2) is 9.55 Å². The number of imidazole rings is 1. The lowest BCUT2D eigenvalue weighted by Crippen LogP contribution is -2.07. The van der Waals surface area contributed by atoms with Crippen molar-refractivity contribution < 1.29 is 0 Å². The minimum atomic E-state index is 0.860. The fraction of sp³-hybridized carbons (Fsp3) is 0.462. The Morgan fingerprint density at radius 2 is 2.29 bits per heavy atom. The second kappa shape index (κ2) is 5.87. The third-order valence-electron chi connectivity index (χ3n) is 2.87. The van der Waals surface area contributed by atoms with Crippen LogP contribution < -0.4 is 5.32 Å². The molecule has 1 N–H and O–H groups in total. The molecule has 17 heavy (non-hydrogen) atoms. The topological polar surface area (TPSA) is 29.9 Å². The van der Waals surface area contributed by atoms with Crippen LogP contribution in [0, 0.1) is 6.92 Å². The van der Waals surface area contributed by atoms with E-state index in [0.29, 0.717) is 0 Å². The maximum atomic E-state index is 4.35. The Hall–Kier alpha value is -1.29. The molecular formula is C13H19N3S. The molecule has 0 radical (unpaired) electrons. The molecule has 0 aliphatic rings. The van der Waals surface area contributed by atoms with Crippen LogP contribution in [0.15, 0.2) is 23.2 Å².